The first-order chi connectivity index (χ1) is 18.5. The van der Waals surface area contributed by atoms with E-state index in [1.807, 2.05) is 47.4 Å². The third-order valence-electron chi connectivity index (χ3n) is 6.34. The van der Waals surface area contributed by atoms with Crippen LogP contribution < -0.4 is 21.3 Å². The van der Waals surface area contributed by atoms with Crippen LogP contribution in [0.4, 0.5) is 27.9 Å². The molecule has 1 aliphatic rings. The molecule has 10 heteroatoms. The molecular formula is C28H34BrN7O2. The van der Waals surface area contributed by atoms with Crippen LogP contribution in [0.1, 0.15) is 44.1 Å². The molecule has 200 valence electrons. The van der Waals surface area contributed by atoms with E-state index in [-0.39, 0.29) is 17.9 Å². The molecule has 1 aromatic heterocycles. The Kier molecular flexibility index (Phi) is 9.91. The molecule has 1 aliphatic heterocycles. The number of benzene rings is 2. The molecular weight excluding hydrogens is 546 g/mol. The Hall–Kier alpha value is -3.66. The van der Waals surface area contributed by atoms with E-state index in [0.717, 1.165) is 42.5 Å². The van der Waals surface area contributed by atoms with Crippen LogP contribution in [0.2, 0.25) is 0 Å². The number of hydrogen-bond acceptors (Lipinski definition) is 6. The highest BCUT2D eigenvalue weighted by molar-refractivity contribution is 9.10. The number of carbonyl (C=O) groups is 2. The SMILES string of the molecule is C[C@H](CC(=O)NCCCNc1nc(Nc2cccc(NC(=O)N3CCCC3)c2)ncc1Br)c1ccccc1. The van der Waals surface area contributed by atoms with Gasteiger partial charge in [0.15, 0.2) is 0 Å². The van der Waals surface area contributed by atoms with Gasteiger partial charge in [0.05, 0.1) is 4.47 Å². The van der Waals surface area contributed by atoms with Gasteiger partial charge in [-0.15, -0.1) is 0 Å². The number of urea groups is 1. The van der Waals surface area contributed by atoms with E-state index in [4.69, 9.17) is 0 Å². The van der Waals surface area contributed by atoms with E-state index in [2.05, 4.69) is 66.2 Å². The highest BCUT2D eigenvalue weighted by Gasteiger charge is 2.18. The Labute approximate surface area is 232 Å². The van der Waals surface area contributed by atoms with Gasteiger partial charge in [0.2, 0.25) is 11.9 Å². The number of nitrogens with zero attached hydrogens (tertiary/aromatic N) is 3. The van der Waals surface area contributed by atoms with Crippen molar-refractivity contribution in [3.63, 3.8) is 0 Å². The second kappa shape index (κ2) is 13.8. The Balaban J connectivity index is 1.22. The molecule has 3 aromatic rings. The number of hydrogen-bond donors (Lipinski definition) is 4. The van der Waals surface area contributed by atoms with Crippen molar-refractivity contribution in [3.8, 4) is 0 Å². The smallest absolute Gasteiger partial charge is 0.321 e. The third-order valence-corrected chi connectivity index (χ3v) is 6.92. The Morgan fingerprint density at radius 1 is 1.03 bits per heavy atom. The van der Waals surface area contributed by atoms with Crippen molar-refractivity contribution in [3.05, 3.63) is 70.8 Å². The topological polar surface area (TPSA) is 111 Å². The molecule has 2 heterocycles. The molecule has 1 saturated heterocycles. The van der Waals surface area contributed by atoms with Gasteiger partial charge in [-0.25, -0.2) is 9.78 Å². The van der Waals surface area contributed by atoms with Gasteiger partial charge in [0, 0.05) is 50.2 Å². The number of likely N-dealkylation sites (tertiary alicyclic amines) is 1. The van der Waals surface area contributed by atoms with Gasteiger partial charge < -0.3 is 26.2 Å². The lowest BCUT2D eigenvalue weighted by Crippen LogP contribution is -2.32. The molecule has 3 amide bonds. The standard InChI is InChI=1S/C28H34BrN7O2/c1-20(21-9-3-2-4-10-21)17-25(37)30-13-8-14-31-26-24(29)19-32-27(35-26)33-22-11-7-12-23(18-22)34-28(38)36-15-5-6-16-36/h2-4,7,9-12,18-20H,5-6,8,13-17H2,1H3,(H,30,37)(H,34,38)(H2,31,32,33,35)/t20-/m1/s1. The summed E-state index contributed by atoms with van der Waals surface area (Å²) >= 11 is 3.49. The molecule has 1 atom stereocenters. The number of rotatable bonds is 11. The first kappa shape index (κ1) is 27.4. The zero-order chi connectivity index (χ0) is 26.7. The van der Waals surface area contributed by atoms with Crippen LogP contribution in [-0.2, 0) is 4.79 Å². The molecule has 0 unspecified atom stereocenters. The van der Waals surface area contributed by atoms with Gasteiger partial charge in [-0.3, -0.25) is 4.79 Å². The summed E-state index contributed by atoms with van der Waals surface area (Å²) in [4.78, 5) is 35.4. The lowest BCUT2D eigenvalue weighted by molar-refractivity contribution is -0.121. The maximum absolute atomic E-state index is 12.4. The summed E-state index contributed by atoms with van der Waals surface area (Å²) in [7, 11) is 0. The molecule has 0 bridgehead atoms. The van der Waals surface area contributed by atoms with E-state index in [0.29, 0.717) is 37.0 Å². The summed E-state index contributed by atoms with van der Waals surface area (Å²) < 4.78 is 0.746. The summed E-state index contributed by atoms with van der Waals surface area (Å²) in [5, 5.41) is 12.4. The van der Waals surface area contributed by atoms with Crippen molar-refractivity contribution >= 4 is 51.0 Å². The maximum Gasteiger partial charge on any atom is 0.321 e. The number of halogens is 1. The van der Waals surface area contributed by atoms with Gasteiger partial charge in [-0.05, 0) is 64.9 Å². The van der Waals surface area contributed by atoms with Crippen LogP contribution in [0.25, 0.3) is 0 Å². The van der Waals surface area contributed by atoms with Crippen molar-refractivity contribution in [1.82, 2.24) is 20.2 Å². The first-order valence-corrected chi connectivity index (χ1v) is 13.8. The van der Waals surface area contributed by atoms with E-state index in [1.165, 1.54) is 5.56 Å². The van der Waals surface area contributed by atoms with Crippen molar-refractivity contribution in [2.45, 2.75) is 38.5 Å². The monoisotopic (exact) mass is 579 g/mol. The summed E-state index contributed by atoms with van der Waals surface area (Å²) in [5.74, 6) is 1.32. The summed E-state index contributed by atoms with van der Waals surface area (Å²) in [5.41, 5.74) is 2.65. The molecule has 0 aliphatic carbocycles. The van der Waals surface area contributed by atoms with E-state index in [9.17, 15) is 9.59 Å². The van der Waals surface area contributed by atoms with Crippen molar-refractivity contribution < 1.29 is 9.59 Å². The van der Waals surface area contributed by atoms with Gasteiger partial charge >= 0.3 is 6.03 Å². The van der Waals surface area contributed by atoms with Crippen LogP contribution in [0, 0.1) is 0 Å². The maximum atomic E-state index is 12.4. The molecule has 9 nitrogen and oxygen atoms in total. The predicted octanol–water partition coefficient (Wildman–Crippen LogP) is 5.72. The van der Waals surface area contributed by atoms with Crippen LogP contribution in [-0.4, -0.2) is 53.0 Å². The average Bonchev–Trinajstić information content (AvgIpc) is 3.46. The Morgan fingerprint density at radius 2 is 1.79 bits per heavy atom. The molecule has 0 radical (unpaired) electrons. The number of anilines is 4. The minimum atomic E-state index is -0.0760. The van der Waals surface area contributed by atoms with Gasteiger partial charge in [-0.2, -0.15) is 4.98 Å². The molecule has 1 fully saturated rings. The molecule has 2 aromatic carbocycles. The Bertz CT molecular complexity index is 1220. The number of amides is 3. The first-order valence-electron chi connectivity index (χ1n) is 13.0. The lowest BCUT2D eigenvalue weighted by Gasteiger charge is -2.16. The summed E-state index contributed by atoms with van der Waals surface area (Å²) in [6, 6.07) is 17.5. The predicted molar refractivity (Wildman–Crippen MR) is 155 cm³/mol. The van der Waals surface area contributed by atoms with E-state index < -0.39 is 0 Å². The highest BCUT2D eigenvalue weighted by Crippen LogP contribution is 2.24. The average molecular weight is 581 g/mol. The van der Waals surface area contributed by atoms with Crippen LogP contribution in [0.5, 0.6) is 0 Å². The minimum Gasteiger partial charge on any atom is -0.369 e. The molecule has 38 heavy (non-hydrogen) atoms. The second-order valence-corrected chi connectivity index (χ2v) is 10.2. The Morgan fingerprint density at radius 3 is 2.58 bits per heavy atom. The minimum absolute atomic E-state index is 0.0508. The van der Waals surface area contributed by atoms with Crippen LogP contribution in [0.3, 0.4) is 0 Å². The van der Waals surface area contributed by atoms with Gasteiger partial charge in [0.1, 0.15) is 5.82 Å². The number of carbonyl (C=O) groups excluding carboxylic acids is 2. The molecule has 0 saturated carbocycles. The third kappa shape index (κ3) is 8.17. The fourth-order valence-electron chi connectivity index (χ4n) is 4.25. The van der Waals surface area contributed by atoms with Crippen molar-refractivity contribution in [2.75, 3.05) is 42.1 Å². The van der Waals surface area contributed by atoms with Crippen LogP contribution >= 0.6 is 15.9 Å². The van der Waals surface area contributed by atoms with E-state index in [1.54, 1.807) is 6.20 Å². The van der Waals surface area contributed by atoms with Gasteiger partial charge in [0.25, 0.3) is 0 Å². The quantitative estimate of drug-likeness (QED) is 0.216. The summed E-state index contributed by atoms with van der Waals surface area (Å²) in [6.07, 6.45) is 5.00. The molecule has 4 N–H and O–H groups in total. The zero-order valence-electron chi connectivity index (χ0n) is 21.5. The fourth-order valence-corrected chi connectivity index (χ4v) is 4.58. The number of aromatic nitrogens is 2. The molecule has 0 spiro atoms. The largest absolute Gasteiger partial charge is 0.369 e. The lowest BCUT2D eigenvalue weighted by atomic mass is 9.98. The van der Waals surface area contributed by atoms with Crippen molar-refractivity contribution in [1.29, 1.82) is 0 Å². The molecule has 4 rings (SSSR count). The van der Waals surface area contributed by atoms with Crippen molar-refractivity contribution in [2.24, 2.45) is 0 Å². The number of nitrogens with one attached hydrogen (secondary N) is 4. The fraction of sp³-hybridized carbons (Fsp3) is 0.357. The van der Waals surface area contributed by atoms with E-state index >= 15 is 0 Å². The second-order valence-electron chi connectivity index (χ2n) is 9.37. The summed E-state index contributed by atoms with van der Waals surface area (Å²) in [6.45, 7) is 4.88. The highest BCUT2D eigenvalue weighted by atomic mass is 79.9. The van der Waals surface area contributed by atoms with Gasteiger partial charge in [-0.1, -0.05) is 43.3 Å². The zero-order valence-corrected chi connectivity index (χ0v) is 23.1. The van der Waals surface area contributed by atoms with Crippen LogP contribution in [0.15, 0.2) is 65.3 Å². The normalized spacial score (nSPS) is 13.6.